The van der Waals surface area contributed by atoms with Gasteiger partial charge in [0.15, 0.2) is 17.5 Å². The molecule has 0 spiro atoms. The van der Waals surface area contributed by atoms with Crippen LogP contribution in [0, 0.1) is 5.82 Å². The third-order valence-corrected chi connectivity index (χ3v) is 3.62. The van der Waals surface area contributed by atoms with E-state index in [-0.39, 0.29) is 29.8 Å². The third-order valence-electron chi connectivity index (χ3n) is 3.62. The molecule has 0 saturated carbocycles. The summed E-state index contributed by atoms with van der Waals surface area (Å²) in [5.41, 5.74) is 7.72. The number of guanidine groups is 1. The molecular formula is C18H21FIN3O2. The molecule has 0 bridgehead atoms. The van der Waals surface area contributed by atoms with Crippen LogP contribution in [-0.4, -0.2) is 25.7 Å². The molecule has 3 N–H and O–H groups in total. The van der Waals surface area contributed by atoms with E-state index >= 15 is 0 Å². The molecule has 134 valence electrons. The van der Waals surface area contributed by atoms with E-state index in [0.717, 1.165) is 23.4 Å². The molecule has 1 aliphatic rings. The van der Waals surface area contributed by atoms with Crippen molar-refractivity contribution in [1.29, 1.82) is 0 Å². The summed E-state index contributed by atoms with van der Waals surface area (Å²) >= 11 is 0. The Morgan fingerprint density at radius 3 is 2.56 bits per heavy atom. The van der Waals surface area contributed by atoms with Crippen LogP contribution < -0.4 is 20.5 Å². The minimum absolute atomic E-state index is 0. The van der Waals surface area contributed by atoms with Crippen LogP contribution in [0.3, 0.4) is 0 Å². The fourth-order valence-electron chi connectivity index (χ4n) is 2.38. The maximum absolute atomic E-state index is 12.8. The van der Waals surface area contributed by atoms with Crippen LogP contribution in [0.1, 0.15) is 12.0 Å². The number of benzene rings is 2. The Bertz CT molecular complexity index is 723. The molecule has 0 amide bonds. The molecule has 0 aliphatic carbocycles. The van der Waals surface area contributed by atoms with Gasteiger partial charge in [-0.3, -0.25) is 4.99 Å². The monoisotopic (exact) mass is 457 g/mol. The van der Waals surface area contributed by atoms with Crippen LogP contribution in [0.4, 0.5) is 10.1 Å². The van der Waals surface area contributed by atoms with Gasteiger partial charge in [0.05, 0.1) is 13.2 Å². The highest BCUT2D eigenvalue weighted by Crippen LogP contribution is 2.32. The van der Waals surface area contributed by atoms with Crippen molar-refractivity contribution < 1.29 is 13.9 Å². The van der Waals surface area contributed by atoms with Gasteiger partial charge in [-0.05, 0) is 36.2 Å². The van der Waals surface area contributed by atoms with Gasteiger partial charge >= 0.3 is 0 Å². The van der Waals surface area contributed by atoms with Crippen molar-refractivity contribution in [3.8, 4) is 11.5 Å². The van der Waals surface area contributed by atoms with Gasteiger partial charge in [0.25, 0.3) is 0 Å². The van der Waals surface area contributed by atoms with E-state index < -0.39 is 0 Å². The zero-order chi connectivity index (χ0) is 16.8. The quantitative estimate of drug-likeness (QED) is 0.419. The van der Waals surface area contributed by atoms with Crippen molar-refractivity contribution in [3.05, 3.63) is 53.8 Å². The third kappa shape index (κ3) is 5.77. The van der Waals surface area contributed by atoms with E-state index in [9.17, 15) is 4.39 Å². The lowest BCUT2D eigenvalue weighted by Crippen LogP contribution is -2.23. The predicted octanol–water partition coefficient (Wildman–Crippen LogP) is 3.57. The lowest BCUT2D eigenvalue weighted by atomic mass is 10.1. The SMILES string of the molecule is I.NC(=NCCc1ccc(F)cc1)Nc1ccc2c(c1)OCCCO2. The second-order valence-electron chi connectivity index (χ2n) is 5.48. The van der Waals surface area contributed by atoms with Crippen LogP contribution in [0.15, 0.2) is 47.5 Å². The number of halogens is 2. The maximum Gasteiger partial charge on any atom is 0.193 e. The van der Waals surface area contributed by atoms with E-state index in [2.05, 4.69) is 10.3 Å². The van der Waals surface area contributed by atoms with Gasteiger partial charge in [-0.25, -0.2) is 4.39 Å². The average Bonchev–Trinajstić information content (AvgIpc) is 2.81. The Morgan fingerprint density at radius 2 is 1.80 bits per heavy atom. The number of ether oxygens (including phenoxy) is 2. The van der Waals surface area contributed by atoms with Crippen molar-refractivity contribution in [2.75, 3.05) is 25.1 Å². The zero-order valence-electron chi connectivity index (χ0n) is 13.7. The Labute approximate surface area is 163 Å². The van der Waals surface area contributed by atoms with Crippen LogP contribution in [0.2, 0.25) is 0 Å². The first-order valence-electron chi connectivity index (χ1n) is 7.92. The second-order valence-corrected chi connectivity index (χ2v) is 5.48. The maximum atomic E-state index is 12.8. The normalized spacial score (nSPS) is 13.6. The first kappa shape index (κ1) is 19.3. The van der Waals surface area contributed by atoms with E-state index in [1.807, 2.05) is 18.2 Å². The fraction of sp³-hybridized carbons (Fsp3) is 0.278. The van der Waals surface area contributed by atoms with Crippen molar-refractivity contribution in [3.63, 3.8) is 0 Å². The minimum atomic E-state index is -0.238. The lowest BCUT2D eigenvalue weighted by Gasteiger charge is -2.10. The molecule has 0 saturated heterocycles. The topological polar surface area (TPSA) is 68.9 Å². The van der Waals surface area contributed by atoms with Crippen molar-refractivity contribution in [2.45, 2.75) is 12.8 Å². The van der Waals surface area contributed by atoms with Crippen LogP contribution in [0.5, 0.6) is 11.5 Å². The molecular weight excluding hydrogens is 436 g/mol. The smallest absolute Gasteiger partial charge is 0.193 e. The molecule has 7 heteroatoms. The standard InChI is InChI=1S/C18H20FN3O2.HI/c19-14-4-2-13(3-5-14)8-9-21-18(20)22-15-6-7-16-17(12-15)24-11-1-10-23-16;/h2-7,12H,1,8-11H2,(H3,20,21,22);1H. The Kier molecular flexibility index (Phi) is 7.30. The first-order valence-corrected chi connectivity index (χ1v) is 7.92. The molecule has 3 rings (SSSR count). The van der Waals surface area contributed by atoms with Crippen molar-refractivity contribution in [1.82, 2.24) is 0 Å². The summed E-state index contributed by atoms with van der Waals surface area (Å²) in [6.45, 7) is 1.82. The number of nitrogens with zero attached hydrogens (tertiary/aromatic N) is 1. The summed E-state index contributed by atoms with van der Waals surface area (Å²) in [7, 11) is 0. The van der Waals surface area contributed by atoms with E-state index in [1.54, 1.807) is 12.1 Å². The molecule has 0 unspecified atom stereocenters. The summed E-state index contributed by atoms with van der Waals surface area (Å²) in [6, 6.07) is 12.0. The van der Waals surface area contributed by atoms with Gasteiger partial charge in [-0.2, -0.15) is 0 Å². The van der Waals surface area contributed by atoms with Crippen LogP contribution in [-0.2, 0) is 6.42 Å². The molecule has 2 aromatic rings. The van der Waals surface area contributed by atoms with Gasteiger partial charge in [0, 0.05) is 24.7 Å². The summed E-state index contributed by atoms with van der Waals surface area (Å²) < 4.78 is 24.1. The number of fused-ring (bicyclic) bond motifs is 1. The Morgan fingerprint density at radius 1 is 1.08 bits per heavy atom. The summed E-state index contributed by atoms with van der Waals surface area (Å²) in [5.74, 6) is 1.53. The van der Waals surface area contributed by atoms with Crippen LogP contribution in [0.25, 0.3) is 0 Å². The van der Waals surface area contributed by atoms with Gasteiger partial charge in [0.1, 0.15) is 5.82 Å². The summed E-state index contributed by atoms with van der Waals surface area (Å²) in [4.78, 5) is 4.29. The molecule has 25 heavy (non-hydrogen) atoms. The molecule has 0 atom stereocenters. The predicted molar refractivity (Wildman–Crippen MR) is 108 cm³/mol. The highest BCUT2D eigenvalue weighted by molar-refractivity contribution is 14.0. The molecule has 0 aromatic heterocycles. The largest absolute Gasteiger partial charge is 0.490 e. The Balaban J connectivity index is 0.00000225. The molecule has 1 aliphatic heterocycles. The number of nitrogens with one attached hydrogen (secondary N) is 1. The van der Waals surface area contributed by atoms with Gasteiger partial charge in [-0.15, -0.1) is 24.0 Å². The Hall–Kier alpha value is -2.03. The van der Waals surface area contributed by atoms with E-state index in [4.69, 9.17) is 15.2 Å². The highest BCUT2D eigenvalue weighted by atomic mass is 127. The van der Waals surface area contributed by atoms with Gasteiger partial charge in [-0.1, -0.05) is 12.1 Å². The second kappa shape index (κ2) is 9.45. The van der Waals surface area contributed by atoms with E-state index in [1.165, 1.54) is 12.1 Å². The summed E-state index contributed by atoms with van der Waals surface area (Å²) in [6.07, 6.45) is 1.56. The minimum Gasteiger partial charge on any atom is -0.490 e. The van der Waals surface area contributed by atoms with E-state index in [0.29, 0.717) is 37.9 Å². The fourth-order valence-corrected chi connectivity index (χ4v) is 2.38. The molecule has 1 heterocycles. The van der Waals surface area contributed by atoms with Crippen LogP contribution >= 0.6 is 24.0 Å². The number of aliphatic imine (C=N–C) groups is 1. The molecule has 2 aromatic carbocycles. The number of hydrogen-bond acceptors (Lipinski definition) is 3. The molecule has 0 radical (unpaired) electrons. The lowest BCUT2D eigenvalue weighted by molar-refractivity contribution is 0.297. The average molecular weight is 457 g/mol. The molecule has 0 fully saturated rings. The number of hydrogen-bond donors (Lipinski definition) is 2. The van der Waals surface area contributed by atoms with Crippen molar-refractivity contribution >= 4 is 35.6 Å². The first-order chi connectivity index (χ1) is 11.7. The number of rotatable bonds is 4. The highest BCUT2D eigenvalue weighted by Gasteiger charge is 2.10. The number of anilines is 1. The van der Waals surface area contributed by atoms with Crippen molar-refractivity contribution in [2.24, 2.45) is 10.7 Å². The summed E-state index contributed by atoms with van der Waals surface area (Å²) in [5, 5.41) is 3.04. The van der Waals surface area contributed by atoms with Gasteiger partial charge < -0.3 is 20.5 Å². The molecule has 5 nitrogen and oxygen atoms in total. The zero-order valence-corrected chi connectivity index (χ0v) is 16.0. The number of nitrogens with two attached hydrogens (primary N) is 1. The van der Waals surface area contributed by atoms with Gasteiger partial charge in [0.2, 0.25) is 0 Å².